The summed E-state index contributed by atoms with van der Waals surface area (Å²) in [5.74, 6) is -0.0133. The SMILES string of the molecule is CN(C)C(=O)c1ccc2c(c1)nnn2C1CCN(Cc2ccccc2)CC1. The van der Waals surface area contributed by atoms with Gasteiger partial charge in [-0.3, -0.25) is 9.69 Å². The van der Waals surface area contributed by atoms with E-state index in [-0.39, 0.29) is 5.91 Å². The minimum atomic E-state index is -0.0133. The summed E-state index contributed by atoms with van der Waals surface area (Å²) in [6.45, 7) is 3.11. The van der Waals surface area contributed by atoms with Crippen molar-refractivity contribution in [3.63, 3.8) is 0 Å². The minimum absolute atomic E-state index is 0.0133. The Morgan fingerprint density at radius 1 is 1.11 bits per heavy atom. The fourth-order valence-corrected chi connectivity index (χ4v) is 3.77. The van der Waals surface area contributed by atoms with Crippen LogP contribution in [0.15, 0.2) is 48.5 Å². The van der Waals surface area contributed by atoms with Crippen LogP contribution in [0.4, 0.5) is 0 Å². The van der Waals surface area contributed by atoms with E-state index in [0.29, 0.717) is 11.6 Å². The maximum Gasteiger partial charge on any atom is 0.253 e. The zero-order valence-electron chi connectivity index (χ0n) is 15.9. The third kappa shape index (κ3) is 3.71. The summed E-state index contributed by atoms with van der Waals surface area (Å²) in [6.07, 6.45) is 2.12. The lowest BCUT2D eigenvalue weighted by Crippen LogP contribution is -2.34. The maximum absolute atomic E-state index is 12.1. The monoisotopic (exact) mass is 363 g/mol. The molecule has 0 atom stereocenters. The Morgan fingerprint density at radius 2 is 1.85 bits per heavy atom. The molecule has 0 N–H and O–H groups in total. The van der Waals surface area contributed by atoms with E-state index in [0.717, 1.165) is 43.5 Å². The summed E-state index contributed by atoms with van der Waals surface area (Å²) >= 11 is 0. The Labute approximate surface area is 159 Å². The van der Waals surface area contributed by atoms with E-state index in [1.165, 1.54) is 5.56 Å². The summed E-state index contributed by atoms with van der Waals surface area (Å²) in [6, 6.07) is 16.7. The van der Waals surface area contributed by atoms with Crippen molar-refractivity contribution in [2.24, 2.45) is 0 Å². The van der Waals surface area contributed by atoms with E-state index >= 15 is 0 Å². The zero-order valence-corrected chi connectivity index (χ0v) is 15.9. The molecule has 2 heterocycles. The highest BCUT2D eigenvalue weighted by Gasteiger charge is 2.23. The van der Waals surface area contributed by atoms with Crippen molar-refractivity contribution in [3.8, 4) is 0 Å². The molecular formula is C21H25N5O. The molecule has 1 aliphatic heterocycles. The predicted molar refractivity (Wildman–Crippen MR) is 106 cm³/mol. The van der Waals surface area contributed by atoms with Crippen LogP contribution in [0.3, 0.4) is 0 Å². The molecule has 0 radical (unpaired) electrons. The highest BCUT2D eigenvalue weighted by atomic mass is 16.2. The van der Waals surface area contributed by atoms with Crippen molar-refractivity contribution < 1.29 is 4.79 Å². The second kappa shape index (κ2) is 7.48. The summed E-state index contributed by atoms with van der Waals surface area (Å²) in [5.41, 5.74) is 3.80. The number of hydrogen-bond acceptors (Lipinski definition) is 4. The Kier molecular flexibility index (Phi) is 4.90. The number of fused-ring (bicyclic) bond motifs is 1. The lowest BCUT2D eigenvalue weighted by molar-refractivity contribution is 0.0827. The second-order valence-corrected chi connectivity index (χ2v) is 7.43. The first-order chi connectivity index (χ1) is 13.1. The van der Waals surface area contributed by atoms with Crippen LogP contribution in [0.2, 0.25) is 0 Å². The molecule has 6 nitrogen and oxygen atoms in total. The molecule has 1 amide bonds. The standard InChI is InChI=1S/C21H25N5O/c1-24(2)21(27)17-8-9-20-19(14-17)22-23-26(20)18-10-12-25(13-11-18)15-16-6-4-3-5-7-16/h3-9,14,18H,10-13,15H2,1-2H3. The Hall–Kier alpha value is -2.73. The van der Waals surface area contributed by atoms with Gasteiger partial charge in [-0.15, -0.1) is 5.10 Å². The average molecular weight is 363 g/mol. The first-order valence-electron chi connectivity index (χ1n) is 9.45. The summed E-state index contributed by atoms with van der Waals surface area (Å²) < 4.78 is 2.04. The minimum Gasteiger partial charge on any atom is -0.345 e. The average Bonchev–Trinajstić information content (AvgIpc) is 3.12. The number of carbonyl (C=O) groups excluding carboxylic acids is 1. The van der Waals surface area contributed by atoms with Gasteiger partial charge < -0.3 is 4.90 Å². The maximum atomic E-state index is 12.1. The molecule has 27 heavy (non-hydrogen) atoms. The number of piperidine rings is 1. The zero-order chi connectivity index (χ0) is 18.8. The number of likely N-dealkylation sites (tertiary alicyclic amines) is 1. The fourth-order valence-electron chi connectivity index (χ4n) is 3.77. The molecule has 0 spiro atoms. The Bertz CT molecular complexity index is 926. The van der Waals surface area contributed by atoms with Crippen LogP contribution < -0.4 is 0 Å². The molecule has 140 valence electrons. The number of benzene rings is 2. The van der Waals surface area contributed by atoms with Crippen molar-refractivity contribution >= 4 is 16.9 Å². The quantitative estimate of drug-likeness (QED) is 0.715. The number of aromatic nitrogens is 3. The largest absolute Gasteiger partial charge is 0.345 e. The molecule has 0 bridgehead atoms. The van der Waals surface area contributed by atoms with Gasteiger partial charge in [0.15, 0.2) is 0 Å². The molecule has 0 saturated carbocycles. The Morgan fingerprint density at radius 3 is 2.56 bits per heavy atom. The van der Waals surface area contributed by atoms with Gasteiger partial charge >= 0.3 is 0 Å². The first kappa shape index (κ1) is 17.7. The summed E-state index contributed by atoms with van der Waals surface area (Å²) in [4.78, 5) is 16.2. The van der Waals surface area contributed by atoms with Crippen LogP contribution in [-0.2, 0) is 6.54 Å². The molecule has 4 rings (SSSR count). The van der Waals surface area contributed by atoms with Gasteiger partial charge in [-0.25, -0.2) is 4.68 Å². The van der Waals surface area contributed by atoms with E-state index in [1.54, 1.807) is 19.0 Å². The van der Waals surface area contributed by atoms with Crippen molar-refractivity contribution in [1.82, 2.24) is 24.8 Å². The molecule has 1 fully saturated rings. The molecule has 3 aromatic rings. The van der Waals surface area contributed by atoms with Gasteiger partial charge in [-0.1, -0.05) is 35.5 Å². The number of amides is 1. The molecule has 2 aromatic carbocycles. The highest BCUT2D eigenvalue weighted by Crippen LogP contribution is 2.26. The van der Waals surface area contributed by atoms with Crippen molar-refractivity contribution in [3.05, 3.63) is 59.7 Å². The molecule has 1 aliphatic rings. The lowest BCUT2D eigenvalue weighted by Gasteiger charge is -2.32. The van der Waals surface area contributed by atoms with Crippen LogP contribution in [0.25, 0.3) is 11.0 Å². The number of hydrogen-bond donors (Lipinski definition) is 0. The number of nitrogens with zero attached hydrogens (tertiary/aromatic N) is 5. The molecule has 1 aromatic heterocycles. The van der Waals surface area contributed by atoms with Gasteiger partial charge in [0.2, 0.25) is 0 Å². The molecule has 0 unspecified atom stereocenters. The third-order valence-electron chi connectivity index (χ3n) is 5.28. The van der Waals surface area contributed by atoms with Crippen LogP contribution >= 0.6 is 0 Å². The second-order valence-electron chi connectivity index (χ2n) is 7.43. The van der Waals surface area contributed by atoms with E-state index in [4.69, 9.17) is 0 Å². The third-order valence-corrected chi connectivity index (χ3v) is 5.28. The van der Waals surface area contributed by atoms with E-state index < -0.39 is 0 Å². The van der Waals surface area contributed by atoms with Gasteiger partial charge in [0.25, 0.3) is 5.91 Å². The highest BCUT2D eigenvalue weighted by molar-refractivity contribution is 5.97. The van der Waals surface area contributed by atoms with E-state index in [2.05, 4.69) is 45.5 Å². The van der Waals surface area contributed by atoms with Gasteiger partial charge in [-0.05, 0) is 36.6 Å². The summed E-state index contributed by atoms with van der Waals surface area (Å²) in [7, 11) is 3.51. The van der Waals surface area contributed by atoms with Crippen molar-refractivity contribution in [1.29, 1.82) is 0 Å². The smallest absolute Gasteiger partial charge is 0.253 e. The van der Waals surface area contributed by atoms with Crippen LogP contribution in [0.1, 0.15) is 34.8 Å². The Balaban J connectivity index is 1.45. The normalized spacial score (nSPS) is 15.9. The van der Waals surface area contributed by atoms with E-state index in [9.17, 15) is 4.79 Å². The molecule has 6 heteroatoms. The first-order valence-corrected chi connectivity index (χ1v) is 9.45. The molecule has 0 aliphatic carbocycles. The van der Waals surface area contributed by atoms with E-state index in [1.807, 2.05) is 22.9 Å². The van der Waals surface area contributed by atoms with Crippen LogP contribution in [-0.4, -0.2) is 57.9 Å². The predicted octanol–water partition coefficient (Wildman–Crippen LogP) is 2.97. The van der Waals surface area contributed by atoms with Gasteiger partial charge in [0, 0.05) is 39.3 Å². The molecule has 1 saturated heterocycles. The number of carbonyl (C=O) groups is 1. The number of rotatable bonds is 4. The topological polar surface area (TPSA) is 54.3 Å². The van der Waals surface area contributed by atoms with Gasteiger partial charge in [-0.2, -0.15) is 0 Å². The van der Waals surface area contributed by atoms with Gasteiger partial charge in [0.1, 0.15) is 5.52 Å². The van der Waals surface area contributed by atoms with Crippen molar-refractivity contribution in [2.75, 3.05) is 27.2 Å². The van der Waals surface area contributed by atoms with Crippen molar-refractivity contribution in [2.45, 2.75) is 25.4 Å². The molecular weight excluding hydrogens is 338 g/mol. The summed E-state index contributed by atoms with van der Waals surface area (Å²) in [5, 5.41) is 8.71. The fraction of sp³-hybridized carbons (Fsp3) is 0.381. The van der Waals surface area contributed by atoms with Crippen LogP contribution in [0.5, 0.6) is 0 Å². The van der Waals surface area contributed by atoms with Crippen LogP contribution in [0, 0.1) is 0 Å². The van der Waals surface area contributed by atoms with Gasteiger partial charge in [0.05, 0.1) is 11.6 Å². The lowest BCUT2D eigenvalue weighted by atomic mass is 10.0.